The molecule has 0 heterocycles. The number of ether oxygens (including phenoxy) is 2. The first-order chi connectivity index (χ1) is 8.31. The van der Waals surface area contributed by atoms with Crippen LogP contribution in [0.5, 0.6) is 0 Å². The summed E-state index contributed by atoms with van der Waals surface area (Å²) in [6.45, 7) is 6.39. The van der Waals surface area contributed by atoms with Crippen LogP contribution in [0, 0.1) is 0 Å². The lowest BCUT2D eigenvalue weighted by Gasteiger charge is -2.07. The van der Waals surface area contributed by atoms with Gasteiger partial charge in [-0.2, -0.15) is 0 Å². The van der Waals surface area contributed by atoms with Crippen LogP contribution >= 0.6 is 0 Å². The molecular weight excluding hydrogens is 224 g/mol. The van der Waals surface area contributed by atoms with Crippen LogP contribution < -0.4 is 21.7 Å². The third-order valence-electron chi connectivity index (χ3n) is 1.81. The molecule has 0 aliphatic carbocycles. The van der Waals surface area contributed by atoms with Gasteiger partial charge in [0.25, 0.3) is 0 Å². The summed E-state index contributed by atoms with van der Waals surface area (Å²) < 4.78 is 10.5. The molecule has 0 spiro atoms. The lowest BCUT2D eigenvalue weighted by molar-refractivity contribution is 0.0505. The van der Waals surface area contributed by atoms with Gasteiger partial charge in [0.05, 0.1) is 26.4 Å². The van der Waals surface area contributed by atoms with Crippen LogP contribution in [0.15, 0.2) is 0 Å². The van der Waals surface area contributed by atoms with Crippen molar-refractivity contribution in [2.45, 2.75) is 6.92 Å². The fraction of sp³-hybridized carbons (Fsp3) is 0.900. The standard InChI is InChI=1S/C10H24N4O3/c1-2-13-10(15)14-4-6-17-8-7-16-5-3-12-9-11/h12H,2-9,11H2,1H3,(H2,13,14,15). The summed E-state index contributed by atoms with van der Waals surface area (Å²) in [6, 6.07) is -0.166. The van der Waals surface area contributed by atoms with E-state index in [0.29, 0.717) is 46.2 Å². The molecule has 0 saturated carbocycles. The summed E-state index contributed by atoms with van der Waals surface area (Å²) in [6.07, 6.45) is 0. The molecule has 0 saturated heterocycles. The van der Waals surface area contributed by atoms with Gasteiger partial charge in [-0.25, -0.2) is 4.79 Å². The summed E-state index contributed by atoms with van der Waals surface area (Å²) in [5.74, 6) is 0. The number of hydrogen-bond donors (Lipinski definition) is 4. The van der Waals surface area contributed by atoms with E-state index < -0.39 is 0 Å². The molecule has 0 aliphatic rings. The van der Waals surface area contributed by atoms with E-state index in [1.54, 1.807) is 0 Å². The van der Waals surface area contributed by atoms with Crippen molar-refractivity contribution in [2.75, 3.05) is 52.7 Å². The molecule has 0 atom stereocenters. The van der Waals surface area contributed by atoms with Gasteiger partial charge in [0, 0.05) is 26.3 Å². The number of urea groups is 1. The molecule has 0 aromatic carbocycles. The number of carbonyl (C=O) groups excluding carboxylic acids is 1. The first-order valence-electron chi connectivity index (χ1n) is 5.89. The lowest BCUT2D eigenvalue weighted by Crippen LogP contribution is -2.37. The Balaban J connectivity index is 3.01. The quantitative estimate of drug-likeness (QED) is 0.273. The maximum Gasteiger partial charge on any atom is 0.314 e. The van der Waals surface area contributed by atoms with Crippen LogP contribution in [0.4, 0.5) is 4.79 Å². The van der Waals surface area contributed by atoms with E-state index in [4.69, 9.17) is 15.2 Å². The second-order valence-electron chi connectivity index (χ2n) is 3.22. The molecule has 0 aromatic rings. The van der Waals surface area contributed by atoms with Crippen molar-refractivity contribution in [1.29, 1.82) is 0 Å². The van der Waals surface area contributed by atoms with Gasteiger partial charge in [0.2, 0.25) is 0 Å². The Morgan fingerprint density at radius 2 is 1.71 bits per heavy atom. The van der Waals surface area contributed by atoms with Crippen molar-refractivity contribution in [3.63, 3.8) is 0 Å². The van der Waals surface area contributed by atoms with E-state index in [1.807, 2.05) is 6.92 Å². The van der Waals surface area contributed by atoms with E-state index in [9.17, 15) is 4.79 Å². The van der Waals surface area contributed by atoms with Gasteiger partial charge >= 0.3 is 6.03 Å². The third kappa shape index (κ3) is 13.0. The summed E-state index contributed by atoms with van der Waals surface area (Å²) in [4.78, 5) is 11.0. The predicted molar refractivity (Wildman–Crippen MR) is 65.8 cm³/mol. The van der Waals surface area contributed by atoms with Crippen LogP contribution in [0.3, 0.4) is 0 Å². The largest absolute Gasteiger partial charge is 0.378 e. The molecule has 102 valence electrons. The minimum Gasteiger partial charge on any atom is -0.378 e. The van der Waals surface area contributed by atoms with Gasteiger partial charge in [-0.05, 0) is 6.92 Å². The summed E-state index contributed by atoms with van der Waals surface area (Å²) in [5.41, 5.74) is 5.24. The molecule has 7 nitrogen and oxygen atoms in total. The number of carbonyl (C=O) groups is 1. The fourth-order valence-corrected chi connectivity index (χ4v) is 1.03. The van der Waals surface area contributed by atoms with E-state index in [0.717, 1.165) is 6.54 Å². The van der Waals surface area contributed by atoms with Crippen molar-refractivity contribution in [3.8, 4) is 0 Å². The van der Waals surface area contributed by atoms with Crippen LogP contribution in [0.25, 0.3) is 0 Å². The van der Waals surface area contributed by atoms with Crippen LogP contribution in [-0.4, -0.2) is 58.8 Å². The molecule has 5 N–H and O–H groups in total. The first-order valence-corrected chi connectivity index (χ1v) is 5.89. The SMILES string of the molecule is CCNC(=O)NCCOCCOCCNCN. The molecule has 0 unspecified atom stereocenters. The first kappa shape index (κ1) is 16.1. The van der Waals surface area contributed by atoms with Gasteiger partial charge in [0.15, 0.2) is 0 Å². The van der Waals surface area contributed by atoms with Crippen molar-refractivity contribution < 1.29 is 14.3 Å². The Hall–Kier alpha value is -0.890. The second kappa shape index (κ2) is 13.2. The Labute approximate surface area is 102 Å². The van der Waals surface area contributed by atoms with Crippen LogP contribution in [0.1, 0.15) is 6.92 Å². The monoisotopic (exact) mass is 248 g/mol. The third-order valence-corrected chi connectivity index (χ3v) is 1.81. The van der Waals surface area contributed by atoms with Crippen molar-refractivity contribution in [1.82, 2.24) is 16.0 Å². The molecule has 17 heavy (non-hydrogen) atoms. The highest BCUT2D eigenvalue weighted by Gasteiger charge is 1.95. The second-order valence-corrected chi connectivity index (χ2v) is 3.22. The van der Waals surface area contributed by atoms with Crippen molar-refractivity contribution in [2.24, 2.45) is 5.73 Å². The van der Waals surface area contributed by atoms with E-state index in [2.05, 4.69) is 16.0 Å². The van der Waals surface area contributed by atoms with Gasteiger partial charge in [0.1, 0.15) is 0 Å². The fourth-order valence-electron chi connectivity index (χ4n) is 1.03. The Morgan fingerprint density at radius 1 is 1.06 bits per heavy atom. The molecule has 7 heteroatoms. The summed E-state index contributed by atoms with van der Waals surface area (Å²) in [7, 11) is 0. The van der Waals surface area contributed by atoms with Gasteiger partial charge in [-0.1, -0.05) is 0 Å². The maximum atomic E-state index is 11.0. The topological polar surface area (TPSA) is 97.6 Å². The predicted octanol–water partition coefficient (Wildman–Crippen LogP) is -1.16. The molecule has 0 radical (unpaired) electrons. The Bertz CT molecular complexity index is 181. The van der Waals surface area contributed by atoms with E-state index in [-0.39, 0.29) is 6.03 Å². The van der Waals surface area contributed by atoms with E-state index >= 15 is 0 Å². The van der Waals surface area contributed by atoms with Crippen molar-refractivity contribution >= 4 is 6.03 Å². The van der Waals surface area contributed by atoms with Gasteiger partial charge in [-0.3, -0.25) is 0 Å². The number of hydrogen-bond acceptors (Lipinski definition) is 5. The molecule has 0 rings (SSSR count). The highest BCUT2D eigenvalue weighted by Crippen LogP contribution is 1.78. The zero-order chi connectivity index (χ0) is 12.8. The molecule has 2 amide bonds. The number of nitrogens with one attached hydrogen (secondary N) is 3. The maximum absolute atomic E-state index is 11.0. The lowest BCUT2D eigenvalue weighted by atomic mass is 10.6. The van der Waals surface area contributed by atoms with Crippen molar-refractivity contribution in [3.05, 3.63) is 0 Å². The van der Waals surface area contributed by atoms with Crippen LogP contribution in [-0.2, 0) is 9.47 Å². The minimum absolute atomic E-state index is 0.166. The number of nitrogens with two attached hydrogens (primary N) is 1. The van der Waals surface area contributed by atoms with Gasteiger partial charge < -0.3 is 31.2 Å². The average molecular weight is 248 g/mol. The Morgan fingerprint density at radius 3 is 2.29 bits per heavy atom. The summed E-state index contributed by atoms with van der Waals surface area (Å²) in [5, 5.41) is 8.23. The average Bonchev–Trinajstić information content (AvgIpc) is 2.32. The van der Waals surface area contributed by atoms with Crippen LogP contribution in [0.2, 0.25) is 0 Å². The highest BCUT2D eigenvalue weighted by molar-refractivity contribution is 5.73. The molecule has 0 aliphatic heterocycles. The van der Waals surface area contributed by atoms with Gasteiger partial charge in [-0.15, -0.1) is 0 Å². The molecular formula is C10H24N4O3. The van der Waals surface area contributed by atoms with E-state index in [1.165, 1.54) is 0 Å². The highest BCUT2D eigenvalue weighted by atomic mass is 16.5. The number of amides is 2. The zero-order valence-electron chi connectivity index (χ0n) is 10.5. The number of rotatable bonds is 11. The molecule has 0 fully saturated rings. The smallest absolute Gasteiger partial charge is 0.314 e. The summed E-state index contributed by atoms with van der Waals surface area (Å²) >= 11 is 0. The zero-order valence-corrected chi connectivity index (χ0v) is 10.5. The molecule has 0 bridgehead atoms. The minimum atomic E-state index is -0.166. The molecule has 0 aromatic heterocycles. The normalized spacial score (nSPS) is 10.2. The Kier molecular flexibility index (Phi) is 12.5.